The summed E-state index contributed by atoms with van der Waals surface area (Å²) in [6.45, 7) is 0. The van der Waals surface area contributed by atoms with E-state index in [9.17, 15) is 18.4 Å². The monoisotopic (exact) mass is 265 g/mol. The SMILES string of the molecule is COC(=O)Cc1cc(C(F)F)c(=O)[nH]c1CCl. The normalized spacial score (nSPS) is 10.6. The number of carbonyl (C=O) groups is 1. The van der Waals surface area contributed by atoms with Gasteiger partial charge in [-0.2, -0.15) is 0 Å². The van der Waals surface area contributed by atoms with Crippen LogP contribution in [0.25, 0.3) is 0 Å². The van der Waals surface area contributed by atoms with Crippen molar-refractivity contribution in [2.45, 2.75) is 18.7 Å². The van der Waals surface area contributed by atoms with Gasteiger partial charge in [-0.05, 0) is 11.6 Å². The van der Waals surface area contributed by atoms with Crippen LogP contribution < -0.4 is 5.56 Å². The van der Waals surface area contributed by atoms with Crippen LogP contribution in [0.5, 0.6) is 0 Å². The van der Waals surface area contributed by atoms with E-state index in [2.05, 4.69) is 9.72 Å². The van der Waals surface area contributed by atoms with Crippen molar-refractivity contribution in [3.05, 3.63) is 33.2 Å². The Kier molecular flexibility index (Phi) is 4.62. The maximum atomic E-state index is 12.5. The maximum Gasteiger partial charge on any atom is 0.310 e. The number of nitrogens with one attached hydrogen (secondary N) is 1. The zero-order valence-electron chi connectivity index (χ0n) is 8.93. The lowest BCUT2D eigenvalue weighted by atomic mass is 10.1. The molecule has 0 bridgehead atoms. The van der Waals surface area contributed by atoms with Crippen LogP contribution in [-0.4, -0.2) is 18.1 Å². The minimum Gasteiger partial charge on any atom is -0.469 e. The molecule has 1 N–H and O–H groups in total. The van der Waals surface area contributed by atoms with Gasteiger partial charge in [0.25, 0.3) is 12.0 Å². The van der Waals surface area contributed by atoms with Crippen molar-refractivity contribution in [2.75, 3.05) is 7.11 Å². The first kappa shape index (κ1) is 13.6. The predicted octanol–water partition coefficient (Wildman–Crippen LogP) is 1.77. The van der Waals surface area contributed by atoms with Gasteiger partial charge in [-0.25, -0.2) is 8.78 Å². The first-order valence-electron chi connectivity index (χ1n) is 4.65. The number of alkyl halides is 3. The van der Waals surface area contributed by atoms with Crippen molar-refractivity contribution in [1.29, 1.82) is 0 Å². The number of aromatic nitrogens is 1. The molecule has 1 heterocycles. The van der Waals surface area contributed by atoms with Crippen molar-refractivity contribution in [1.82, 2.24) is 4.98 Å². The molecule has 0 fully saturated rings. The number of hydrogen-bond acceptors (Lipinski definition) is 3. The van der Waals surface area contributed by atoms with Crippen LogP contribution in [0, 0.1) is 0 Å². The van der Waals surface area contributed by atoms with Crippen LogP contribution in [0.15, 0.2) is 10.9 Å². The molecular formula is C10H10ClF2NO3. The van der Waals surface area contributed by atoms with E-state index >= 15 is 0 Å². The van der Waals surface area contributed by atoms with Crippen LogP contribution in [0.2, 0.25) is 0 Å². The Labute approximate surface area is 101 Å². The van der Waals surface area contributed by atoms with Crippen LogP contribution in [0.3, 0.4) is 0 Å². The standard InChI is InChI=1S/C10H10ClF2NO3/c1-17-8(15)3-5-2-6(9(12)13)10(16)14-7(5)4-11/h2,9H,3-4H2,1H3,(H,14,16). The Morgan fingerprint density at radius 2 is 2.24 bits per heavy atom. The molecule has 0 saturated heterocycles. The summed E-state index contributed by atoms with van der Waals surface area (Å²) in [4.78, 5) is 24.5. The minimum atomic E-state index is -2.90. The molecule has 0 aliphatic heterocycles. The second kappa shape index (κ2) is 5.77. The highest BCUT2D eigenvalue weighted by atomic mass is 35.5. The number of rotatable bonds is 4. The van der Waals surface area contributed by atoms with Crippen molar-refractivity contribution < 1.29 is 18.3 Å². The fraction of sp³-hybridized carbons (Fsp3) is 0.400. The van der Waals surface area contributed by atoms with E-state index in [0.717, 1.165) is 6.07 Å². The van der Waals surface area contributed by atoms with Crippen molar-refractivity contribution in [2.24, 2.45) is 0 Å². The lowest BCUT2D eigenvalue weighted by Crippen LogP contribution is -2.18. The van der Waals surface area contributed by atoms with Gasteiger partial charge in [-0.15, -0.1) is 11.6 Å². The summed E-state index contributed by atoms with van der Waals surface area (Å²) < 4.78 is 29.4. The molecule has 7 heteroatoms. The smallest absolute Gasteiger partial charge is 0.310 e. The zero-order valence-corrected chi connectivity index (χ0v) is 9.68. The molecule has 0 atom stereocenters. The van der Waals surface area contributed by atoms with Crippen LogP contribution in [0.1, 0.15) is 23.2 Å². The first-order chi connectivity index (χ1) is 7.99. The van der Waals surface area contributed by atoms with E-state index < -0.39 is 23.5 Å². The largest absolute Gasteiger partial charge is 0.469 e. The van der Waals surface area contributed by atoms with Gasteiger partial charge < -0.3 is 9.72 Å². The summed E-state index contributed by atoms with van der Waals surface area (Å²) in [6.07, 6.45) is -3.12. The topological polar surface area (TPSA) is 59.2 Å². The van der Waals surface area contributed by atoms with Gasteiger partial charge in [-0.3, -0.25) is 9.59 Å². The quantitative estimate of drug-likeness (QED) is 0.667. The second-order valence-electron chi connectivity index (χ2n) is 3.24. The van der Waals surface area contributed by atoms with E-state index in [1.807, 2.05) is 0 Å². The molecule has 1 aromatic heterocycles. The van der Waals surface area contributed by atoms with Gasteiger partial charge in [0, 0.05) is 5.69 Å². The molecule has 0 aromatic carbocycles. The van der Waals surface area contributed by atoms with E-state index in [4.69, 9.17) is 11.6 Å². The van der Waals surface area contributed by atoms with E-state index in [1.54, 1.807) is 0 Å². The van der Waals surface area contributed by atoms with Gasteiger partial charge in [0.1, 0.15) is 0 Å². The third-order valence-corrected chi connectivity index (χ3v) is 2.44. The summed E-state index contributed by atoms with van der Waals surface area (Å²) >= 11 is 5.55. The average Bonchev–Trinajstić information content (AvgIpc) is 2.30. The number of carbonyl (C=O) groups excluding carboxylic acids is 1. The first-order valence-corrected chi connectivity index (χ1v) is 5.19. The Bertz CT molecular complexity index is 473. The number of halogens is 3. The molecule has 0 aliphatic rings. The molecule has 0 saturated carbocycles. The van der Waals surface area contributed by atoms with Gasteiger partial charge in [0.2, 0.25) is 0 Å². The average molecular weight is 266 g/mol. The van der Waals surface area contributed by atoms with E-state index in [1.165, 1.54) is 7.11 Å². The minimum absolute atomic E-state index is 0.0783. The molecule has 0 aliphatic carbocycles. The van der Waals surface area contributed by atoms with Crippen LogP contribution >= 0.6 is 11.6 Å². The summed E-state index contributed by atoms with van der Waals surface area (Å²) in [5.41, 5.74) is -1.10. The molecular weight excluding hydrogens is 256 g/mol. The van der Waals surface area contributed by atoms with Crippen molar-refractivity contribution >= 4 is 17.6 Å². The number of ether oxygens (including phenoxy) is 1. The predicted molar refractivity (Wildman–Crippen MR) is 57.3 cm³/mol. The van der Waals surface area contributed by atoms with Crippen molar-refractivity contribution in [3.8, 4) is 0 Å². The molecule has 0 unspecified atom stereocenters. The summed E-state index contributed by atoms with van der Waals surface area (Å²) in [6, 6.07) is 0.984. The Balaban J connectivity index is 3.21. The van der Waals surface area contributed by atoms with Gasteiger partial charge in [0.15, 0.2) is 0 Å². The molecule has 4 nitrogen and oxygen atoms in total. The third kappa shape index (κ3) is 3.26. The molecule has 0 amide bonds. The van der Waals surface area contributed by atoms with E-state index in [0.29, 0.717) is 0 Å². The zero-order chi connectivity index (χ0) is 13.0. The maximum absolute atomic E-state index is 12.5. The number of hydrogen-bond donors (Lipinski definition) is 1. The van der Waals surface area contributed by atoms with Crippen molar-refractivity contribution in [3.63, 3.8) is 0 Å². The summed E-state index contributed by atoms with van der Waals surface area (Å²) in [7, 11) is 1.18. The molecule has 94 valence electrons. The number of H-pyrrole nitrogens is 1. The fourth-order valence-corrected chi connectivity index (χ4v) is 1.54. The highest BCUT2D eigenvalue weighted by Gasteiger charge is 2.17. The highest BCUT2D eigenvalue weighted by molar-refractivity contribution is 6.17. The Hall–Kier alpha value is -1.43. The summed E-state index contributed by atoms with van der Waals surface area (Å²) in [5.74, 6) is -0.672. The molecule has 1 rings (SSSR count). The number of pyridine rings is 1. The molecule has 1 aromatic rings. The van der Waals surface area contributed by atoms with Gasteiger partial charge >= 0.3 is 5.97 Å². The lowest BCUT2D eigenvalue weighted by molar-refractivity contribution is -0.139. The third-order valence-electron chi connectivity index (χ3n) is 2.18. The number of methoxy groups -OCH3 is 1. The van der Waals surface area contributed by atoms with E-state index in [-0.39, 0.29) is 23.6 Å². The fourth-order valence-electron chi connectivity index (χ4n) is 1.30. The lowest BCUT2D eigenvalue weighted by Gasteiger charge is -2.08. The van der Waals surface area contributed by atoms with Gasteiger partial charge in [0.05, 0.1) is 25.0 Å². The molecule has 0 radical (unpaired) electrons. The molecule has 17 heavy (non-hydrogen) atoms. The Morgan fingerprint density at radius 3 is 2.71 bits per heavy atom. The van der Waals surface area contributed by atoms with Crippen LogP contribution in [-0.2, 0) is 21.8 Å². The number of aromatic amines is 1. The summed E-state index contributed by atoms with van der Waals surface area (Å²) in [5, 5.41) is 0. The van der Waals surface area contributed by atoms with Crippen LogP contribution in [0.4, 0.5) is 8.78 Å². The highest BCUT2D eigenvalue weighted by Crippen LogP contribution is 2.18. The number of esters is 1. The Morgan fingerprint density at radius 1 is 1.59 bits per heavy atom. The second-order valence-corrected chi connectivity index (χ2v) is 3.51. The van der Waals surface area contributed by atoms with Gasteiger partial charge in [-0.1, -0.05) is 0 Å². The molecule has 0 spiro atoms.